The number of hydrogen-bond acceptors (Lipinski definition) is 4. The molecule has 1 heterocycles. The predicted octanol–water partition coefficient (Wildman–Crippen LogP) is -0.806. The zero-order valence-electron chi connectivity index (χ0n) is 8.13. The summed E-state index contributed by atoms with van der Waals surface area (Å²) in [4.78, 5) is 22.5. The molecule has 2 N–H and O–H groups in total. The minimum Gasteiger partial charge on any atom is -0.366 e. The van der Waals surface area contributed by atoms with Gasteiger partial charge in [0, 0.05) is 18.7 Å². The van der Waals surface area contributed by atoms with Crippen LogP contribution in [0, 0.1) is 0 Å². The van der Waals surface area contributed by atoms with Gasteiger partial charge in [0.05, 0.1) is 6.61 Å². The molecule has 0 saturated carbocycles. The Balaban J connectivity index is 2.40. The molecule has 0 bridgehead atoms. The number of nitrogens with one attached hydrogen (secondary N) is 2. The second-order valence-electron chi connectivity index (χ2n) is 3.16. The van der Waals surface area contributed by atoms with Crippen molar-refractivity contribution in [2.24, 2.45) is 0 Å². The molecule has 5 heteroatoms. The Morgan fingerprint density at radius 3 is 2.79 bits per heavy atom. The van der Waals surface area contributed by atoms with Crippen molar-refractivity contribution in [1.82, 2.24) is 10.6 Å². The van der Waals surface area contributed by atoms with E-state index < -0.39 is 17.9 Å². The van der Waals surface area contributed by atoms with Gasteiger partial charge in [0.25, 0.3) is 11.8 Å². The average molecular weight is 198 g/mol. The molecule has 2 amide bonds. The first kappa shape index (κ1) is 10.9. The smallest absolute Gasteiger partial charge is 0.257 e. The van der Waals surface area contributed by atoms with Crippen LogP contribution in [0.1, 0.15) is 6.92 Å². The number of carbonyl (C=O) groups is 2. The Hall–Kier alpha value is -1.20. The Kier molecular flexibility index (Phi) is 3.79. The fourth-order valence-corrected chi connectivity index (χ4v) is 1.03. The van der Waals surface area contributed by atoms with Crippen molar-refractivity contribution in [2.75, 3.05) is 19.7 Å². The third kappa shape index (κ3) is 2.93. The highest BCUT2D eigenvalue weighted by Gasteiger charge is 2.23. The number of carbonyl (C=O) groups excluding carboxylic acids is 2. The van der Waals surface area contributed by atoms with Crippen molar-refractivity contribution in [3.05, 3.63) is 12.2 Å². The van der Waals surface area contributed by atoms with Crippen LogP contribution in [0.15, 0.2) is 12.2 Å². The Labute approximate surface area is 82.5 Å². The highest BCUT2D eigenvalue weighted by molar-refractivity contribution is 6.04. The summed E-state index contributed by atoms with van der Waals surface area (Å²) in [5.41, 5.74) is 0.308. The monoisotopic (exact) mass is 198 g/mol. The summed E-state index contributed by atoms with van der Waals surface area (Å²) in [6.45, 7) is 6.64. The van der Waals surface area contributed by atoms with Crippen LogP contribution < -0.4 is 10.6 Å². The number of amides is 2. The van der Waals surface area contributed by atoms with E-state index in [0.29, 0.717) is 18.7 Å². The molecule has 0 aliphatic carbocycles. The van der Waals surface area contributed by atoms with E-state index in [9.17, 15) is 9.59 Å². The van der Waals surface area contributed by atoms with E-state index in [4.69, 9.17) is 4.74 Å². The standard InChI is InChI=1S/C9H14N2O3/c1-6(2)8(12)11-9(13)7-5-10-3-4-14-7/h7,10H,1,3-5H2,2H3,(H,11,12,13). The summed E-state index contributed by atoms with van der Waals surface area (Å²) < 4.78 is 5.16. The molecule has 0 radical (unpaired) electrons. The number of morpholine rings is 1. The van der Waals surface area contributed by atoms with Crippen LogP contribution in [0.2, 0.25) is 0 Å². The summed E-state index contributed by atoms with van der Waals surface area (Å²) in [5.74, 6) is -0.866. The lowest BCUT2D eigenvalue weighted by Crippen LogP contribution is -2.49. The summed E-state index contributed by atoms with van der Waals surface area (Å²) in [6, 6.07) is 0. The molecule has 1 unspecified atom stereocenters. The van der Waals surface area contributed by atoms with Crippen LogP contribution in [0.4, 0.5) is 0 Å². The normalized spacial score (nSPS) is 21.4. The fourth-order valence-electron chi connectivity index (χ4n) is 1.03. The van der Waals surface area contributed by atoms with Crippen LogP contribution in [0.25, 0.3) is 0 Å². The van der Waals surface area contributed by atoms with Gasteiger partial charge in [-0.25, -0.2) is 0 Å². The Morgan fingerprint density at radius 2 is 2.29 bits per heavy atom. The molecule has 1 atom stereocenters. The van der Waals surface area contributed by atoms with Crippen LogP contribution in [-0.2, 0) is 14.3 Å². The van der Waals surface area contributed by atoms with Gasteiger partial charge in [-0.3, -0.25) is 14.9 Å². The van der Waals surface area contributed by atoms with E-state index in [1.54, 1.807) is 6.92 Å². The van der Waals surface area contributed by atoms with Crippen LogP contribution in [-0.4, -0.2) is 37.6 Å². The quantitative estimate of drug-likeness (QED) is 0.570. The second kappa shape index (κ2) is 4.88. The molecule has 0 spiro atoms. The molecular formula is C9H14N2O3. The summed E-state index contributed by atoms with van der Waals surface area (Å²) in [5, 5.41) is 5.21. The van der Waals surface area contributed by atoms with E-state index in [0.717, 1.165) is 6.54 Å². The van der Waals surface area contributed by atoms with Gasteiger partial charge >= 0.3 is 0 Å². The molecule has 0 aromatic carbocycles. The lowest BCUT2D eigenvalue weighted by atomic mass is 10.2. The van der Waals surface area contributed by atoms with Crippen molar-refractivity contribution in [2.45, 2.75) is 13.0 Å². The van der Waals surface area contributed by atoms with Crippen molar-refractivity contribution >= 4 is 11.8 Å². The lowest BCUT2D eigenvalue weighted by molar-refractivity contribution is -0.138. The van der Waals surface area contributed by atoms with Crippen LogP contribution >= 0.6 is 0 Å². The summed E-state index contributed by atoms with van der Waals surface area (Å²) in [7, 11) is 0. The maximum Gasteiger partial charge on any atom is 0.257 e. The molecule has 5 nitrogen and oxygen atoms in total. The Bertz CT molecular complexity index is 257. The molecule has 1 rings (SSSR count). The molecule has 1 aliphatic heterocycles. The zero-order valence-corrected chi connectivity index (χ0v) is 8.13. The van der Waals surface area contributed by atoms with Gasteiger partial charge in [0.2, 0.25) is 0 Å². The van der Waals surface area contributed by atoms with Crippen LogP contribution in [0.3, 0.4) is 0 Å². The van der Waals surface area contributed by atoms with Gasteiger partial charge in [-0.15, -0.1) is 0 Å². The minimum atomic E-state index is -0.577. The summed E-state index contributed by atoms with van der Waals surface area (Å²) >= 11 is 0. The van der Waals surface area contributed by atoms with Crippen molar-refractivity contribution in [3.63, 3.8) is 0 Å². The first-order valence-electron chi connectivity index (χ1n) is 4.44. The van der Waals surface area contributed by atoms with Gasteiger partial charge in [-0.2, -0.15) is 0 Å². The highest BCUT2D eigenvalue weighted by atomic mass is 16.5. The van der Waals surface area contributed by atoms with Crippen LogP contribution in [0.5, 0.6) is 0 Å². The van der Waals surface area contributed by atoms with Gasteiger partial charge in [-0.05, 0) is 6.92 Å². The van der Waals surface area contributed by atoms with Gasteiger partial charge in [0.1, 0.15) is 6.10 Å². The van der Waals surface area contributed by atoms with Crippen molar-refractivity contribution in [1.29, 1.82) is 0 Å². The topological polar surface area (TPSA) is 67.4 Å². The second-order valence-corrected chi connectivity index (χ2v) is 3.16. The maximum absolute atomic E-state index is 11.4. The molecule has 1 fully saturated rings. The van der Waals surface area contributed by atoms with Crippen molar-refractivity contribution < 1.29 is 14.3 Å². The first-order chi connectivity index (χ1) is 6.61. The predicted molar refractivity (Wildman–Crippen MR) is 50.6 cm³/mol. The lowest BCUT2D eigenvalue weighted by Gasteiger charge is -2.22. The number of hydrogen-bond donors (Lipinski definition) is 2. The largest absolute Gasteiger partial charge is 0.366 e. The van der Waals surface area contributed by atoms with E-state index >= 15 is 0 Å². The zero-order chi connectivity index (χ0) is 10.6. The minimum absolute atomic E-state index is 0.308. The Morgan fingerprint density at radius 1 is 1.57 bits per heavy atom. The van der Waals surface area contributed by atoms with E-state index in [1.165, 1.54) is 0 Å². The van der Waals surface area contributed by atoms with Gasteiger partial charge < -0.3 is 10.1 Å². The molecule has 0 aromatic heterocycles. The van der Waals surface area contributed by atoms with Gasteiger partial charge in [0.15, 0.2) is 0 Å². The highest BCUT2D eigenvalue weighted by Crippen LogP contribution is 1.96. The van der Waals surface area contributed by atoms with E-state index in [-0.39, 0.29) is 0 Å². The maximum atomic E-state index is 11.4. The van der Waals surface area contributed by atoms with Crippen molar-refractivity contribution in [3.8, 4) is 0 Å². The third-order valence-corrected chi connectivity index (χ3v) is 1.84. The third-order valence-electron chi connectivity index (χ3n) is 1.84. The summed E-state index contributed by atoms with van der Waals surface area (Å²) in [6.07, 6.45) is -0.577. The van der Waals surface area contributed by atoms with E-state index in [2.05, 4.69) is 17.2 Å². The number of imide groups is 1. The number of ether oxygens (including phenoxy) is 1. The first-order valence-corrected chi connectivity index (χ1v) is 4.44. The fraction of sp³-hybridized carbons (Fsp3) is 0.556. The van der Waals surface area contributed by atoms with E-state index in [1.807, 2.05) is 0 Å². The SMILES string of the molecule is C=C(C)C(=O)NC(=O)C1CNCCO1. The molecule has 0 aromatic rings. The molecule has 1 aliphatic rings. The average Bonchev–Trinajstić information content (AvgIpc) is 2.19. The molecule has 78 valence electrons. The molecular weight excluding hydrogens is 184 g/mol. The molecule has 14 heavy (non-hydrogen) atoms. The van der Waals surface area contributed by atoms with Gasteiger partial charge in [-0.1, -0.05) is 6.58 Å². The molecule has 1 saturated heterocycles. The number of rotatable bonds is 2.